The first-order chi connectivity index (χ1) is 10.6. The summed E-state index contributed by atoms with van der Waals surface area (Å²) in [6.07, 6.45) is 4.88. The fraction of sp³-hybridized carbons (Fsp3) is 0.438. The first kappa shape index (κ1) is 14.7. The van der Waals surface area contributed by atoms with Crippen LogP contribution in [0.4, 0.5) is 0 Å². The van der Waals surface area contributed by atoms with Gasteiger partial charge >= 0.3 is 5.97 Å². The molecule has 3 rings (SSSR count). The Kier molecular flexibility index (Phi) is 4.20. The van der Waals surface area contributed by atoms with Gasteiger partial charge in [0.05, 0.1) is 17.3 Å². The minimum Gasteiger partial charge on any atom is -0.478 e. The number of pyridine rings is 1. The first-order valence-electron chi connectivity index (χ1n) is 7.49. The number of carboxylic acids is 1. The molecule has 0 aromatic carbocycles. The van der Waals surface area contributed by atoms with E-state index in [1.165, 1.54) is 0 Å². The molecule has 6 nitrogen and oxygen atoms in total. The van der Waals surface area contributed by atoms with Crippen LogP contribution in [0.5, 0.6) is 0 Å². The zero-order valence-electron chi connectivity index (χ0n) is 12.5. The van der Waals surface area contributed by atoms with Crippen molar-refractivity contribution in [3.8, 4) is 0 Å². The summed E-state index contributed by atoms with van der Waals surface area (Å²) in [6.45, 7) is 3.30. The molecule has 2 aromatic rings. The highest BCUT2D eigenvalue weighted by atomic mass is 16.5. The molecule has 1 N–H and O–H groups in total. The lowest BCUT2D eigenvalue weighted by Crippen LogP contribution is -2.34. The second-order valence-electron chi connectivity index (χ2n) is 5.65. The molecule has 1 saturated heterocycles. The average molecular weight is 301 g/mol. The average Bonchev–Trinajstić information content (AvgIpc) is 2.94. The van der Waals surface area contributed by atoms with E-state index in [9.17, 15) is 9.90 Å². The number of aryl methyl sites for hydroxylation is 1. The van der Waals surface area contributed by atoms with Gasteiger partial charge in [0.25, 0.3) is 0 Å². The highest BCUT2D eigenvalue weighted by Gasteiger charge is 2.27. The third-order valence-electron chi connectivity index (χ3n) is 4.07. The molecule has 1 atom stereocenters. The van der Waals surface area contributed by atoms with Crippen LogP contribution in [0.15, 0.2) is 28.9 Å². The van der Waals surface area contributed by atoms with E-state index in [1.807, 2.05) is 13.0 Å². The molecule has 0 saturated carbocycles. The van der Waals surface area contributed by atoms with Crippen molar-refractivity contribution in [2.45, 2.75) is 38.8 Å². The normalized spacial score (nSPS) is 19.2. The van der Waals surface area contributed by atoms with Crippen molar-refractivity contribution in [3.05, 3.63) is 47.1 Å². The second kappa shape index (κ2) is 6.27. The number of aromatic nitrogens is 2. The summed E-state index contributed by atoms with van der Waals surface area (Å²) in [6, 6.07) is 5.38. The molecule has 0 radical (unpaired) electrons. The topological polar surface area (TPSA) is 79.5 Å². The van der Waals surface area contributed by atoms with Crippen LogP contribution in [0.3, 0.4) is 0 Å². The fourth-order valence-corrected chi connectivity index (χ4v) is 3.01. The number of aromatic carboxylic acids is 1. The Balaban J connectivity index is 1.84. The van der Waals surface area contributed by atoms with Gasteiger partial charge < -0.3 is 9.63 Å². The van der Waals surface area contributed by atoms with Gasteiger partial charge in [-0.15, -0.1) is 0 Å². The van der Waals surface area contributed by atoms with Crippen LogP contribution in [0.25, 0.3) is 0 Å². The molecule has 6 heteroatoms. The van der Waals surface area contributed by atoms with Gasteiger partial charge in [0, 0.05) is 18.8 Å². The number of piperidine rings is 1. The standard InChI is InChI=1S/C16H19N3O3/c1-11-9-13(18-22-11)15-6-2-3-8-19(15)10-14-12(16(20)21)5-4-7-17-14/h4-5,7,9,15H,2-3,6,8,10H2,1H3,(H,20,21)/t15-/m0/s1. The molecule has 3 heterocycles. The summed E-state index contributed by atoms with van der Waals surface area (Å²) >= 11 is 0. The van der Waals surface area contributed by atoms with Crippen LogP contribution >= 0.6 is 0 Å². The maximum atomic E-state index is 11.3. The number of hydrogen-bond acceptors (Lipinski definition) is 5. The summed E-state index contributed by atoms with van der Waals surface area (Å²) in [4.78, 5) is 17.8. The maximum absolute atomic E-state index is 11.3. The van der Waals surface area contributed by atoms with Gasteiger partial charge in [-0.25, -0.2) is 4.79 Å². The predicted octanol–water partition coefficient (Wildman–Crippen LogP) is 2.80. The van der Waals surface area contributed by atoms with E-state index in [0.717, 1.165) is 37.3 Å². The van der Waals surface area contributed by atoms with Crippen LogP contribution in [0, 0.1) is 6.92 Å². The zero-order valence-corrected chi connectivity index (χ0v) is 12.5. The summed E-state index contributed by atoms with van der Waals surface area (Å²) in [5.41, 5.74) is 1.79. The molecule has 116 valence electrons. The second-order valence-corrected chi connectivity index (χ2v) is 5.65. The van der Waals surface area contributed by atoms with Gasteiger partial charge in [-0.2, -0.15) is 0 Å². The highest BCUT2D eigenvalue weighted by Crippen LogP contribution is 2.31. The largest absolute Gasteiger partial charge is 0.478 e. The van der Waals surface area contributed by atoms with Gasteiger partial charge in [0.2, 0.25) is 0 Å². The molecule has 1 aliphatic heterocycles. The zero-order chi connectivity index (χ0) is 15.5. The lowest BCUT2D eigenvalue weighted by Gasteiger charge is -2.34. The minimum absolute atomic E-state index is 0.162. The van der Waals surface area contributed by atoms with E-state index in [0.29, 0.717) is 12.2 Å². The molecule has 0 unspecified atom stereocenters. The molecule has 1 fully saturated rings. The number of rotatable bonds is 4. The Hall–Kier alpha value is -2.21. The van der Waals surface area contributed by atoms with Crippen LogP contribution in [0.2, 0.25) is 0 Å². The summed E-state index contributed by atoms with van der Waals surface area (Å²) in [5, 5.41) is 13.4. The number of carboxylic acid groups (broad SMARTS) is 1. The van der Waals surface area contributed by atoms with E-state index in [1.54, 1.807) is 18.3 Å². The molecule has 2 aromatic heterocycles. The van der Waals surface area contributed by atoms with E-state index in [4.69, 9.17) is 4.52 Å². The molecule has 0 amide bonds. The lowest BCUT2D eigenvalue weighted by molar-refractivity contribution is 0.0690. The lowest BCUT2D eigenvalue weighted by atomic mass is 9.98. The van der Waals surface area contributed by atoms with E-state index < -0.39 is 5.97 Å². The molecule has 0 aliphatic carbocycles. The van der Waals surface area contributed by atoms with Gasteiger partial charge in [-0.3, -0.25) is 9.88 Å². The van der Waals surface area contributed by atoms with Crippen molar-refractivity contribution in [3.63, 3.8) is 0 Å². The summed E-state index contributed by atoms with van der Waals surface area (Å²) < 4.78 is 5.19. The maximum Gasteiger partial charge on any atom is 0.337 e. The number of likely N-dealkylation sites (tertiary alicyclic amines) is 1. The van der Waals surface area contributed by atoms with E-state index in [-0.39, 0.29) is 11.6 Å². The van der Waals surface area contributed by atoms with Crippen LogP contribution in [-0.2, 0) is 6.54 Å². The molecular formula is C16H19N3O3. The Morgan fingerprint density at radius 2 is 2.36 bits per heavy atom. The third kappa shape index (κ3) is 3.01. The Morgan fingerprint density at radius 1 is 1.50 bits per heavy atom. The van der Waals surface area contributed by atoms with Crippen molar-refractivity contribution < 1.29 is 14.4 Å². The Labute approximate surface area is 128 Å². The third-order valence-corrected chi connectivity index (χ3v) is 4.07. The molecule has 0 bridgehead atoms. The molecule has 0 spiro atoms. The van der Waals surface area contributed by atoms with Gasteiger partial charge in [-0.05, 0) is 38.4 Å². The Bertz CT molecular complexity index is 668. The number of carbonyl (C=O) groups is 1. The van der Waals surface area contributed by atoms with E-state index in [2.05, 4.69) is 15.0 Å². The van der Waals surface area contributed by atoms with Crippen molar-refractivity contribution in [1.82, 2.24) is 15.0 Å². The molecule has 1 aliphatic rings. The van der Waals surface area contributed by atoms with Crippen molar-refractivity contribution >= 4 is 5.97 Å². The van der Waals surface area contributed by atoms with Crippen molar-refractivity contribution in [2.24, 2.45) is 0 Å². The van der Waals surface area contributed by atoms with Crippen LogP contribution in [-0.4, -0.2) is 32.7 Å². The number of nitrogens with zero attached hydrogens (tertiary/aromatic N) is 3. The number of hydrogen-bond donors (Lipinski definition) is 1. The molecule has 22 heavy (non-hydrogen) atoms. The minimum atomic E-state index is -0.936. The van der Waals surface area contributed by atoms with Crippen LogP contribution < -0.4 is 0 Å². The van der Waals surface area contributed by atoms with Gasteiger partial charge in [0.1, 0.15) is 11.5 Å². The predicted molar refractivity (Wildman–Crippen MR) is 79.4 cm³/mol. The van der Waals surface area contributed by atoms with Gasteiger partial charge in [-0.1, -0.05) is 11.6 Å². The van der Waals surface area contributed by atoms with Crippen molar-refractivity contribution in [2.75, 3.05) is 6.54 Å². The van der Waals surface area contributed by atoms with E-state index >= 15 is 0 Å². The summed E-state index contributed by atoms with van der Waals surface area (Å²) in [5.74, 6) is -0.140. The molecular weight excluding hydrogens is 282 g/mol. The monoisotopic (exact) mass is 301 g/mol. The fourth-order valence-electron chi connectivity index (χ4n) is 3.01. The smallest absolute Gasteiger partial charge is 0.337 e. The quantitative estimate of drug-likeness (QED) is 0.935. The SMILES string of the molecule is Cc1cc([C@@H]2CCCCN2Cc2ncccc2C(=O)O)no1. The van der Waals surface area contributed by atoms with Gasteiger partial charge in [0.15, 0.2) is 0 Å². The Morgan fingerprint density at radius 3 is 3.09 bits per heavy atom. The summed E-state index contributed by atoms with van der Waals surface area (Å²) in [7, 11) is 0. The first-order valence-corrected chi connectivity index (χ1v) is 7.49. The van der Waals surface area contributed by atoms with Crippen LogP contribution in [0.1, 0.15) is 52.8 Å². The highest BCUT2D eigenvalue weighted by molar-refractivity contribution is 5.88. The van der Waals surface area contributed by atoms with Crippen molar-refractivity contribution in [1.29, 1.82) is 0 Å².